The molecule has 3 rings (SSSR count). The number of nitrogens with one attached hydrogen (secondary N) is 1. The number of nitrogens with zero attached hydrogens (tertiary/aromatic N) is 1. The lowest BCUT2D eigenvalue weighted by Crippen LogP contribution is -2.29. The average molecular weight is 304 g/mol. The molecule has 0 saturated heterocycles. The van der Waals surface area contributed by atoms with Gasteiger partial charge in [0.1, 0.15) is 0 Å². The Morgan fingerprint density at radius 1 is 1.29 bits per heavy atom. The van der Waals surface area contributed by atoms with E-state index in [1.807, 2.05) is 31.2 Å². The van der Waals surface area contributed by atoms with E-state index in [2.05, 4.69) is 10.3 Å². The van der Waals surface area contributed by atoms with Gasteiger partial charge in [-0.15, -0.1) is 0 Å². The number of carboxylic acids is 1. The molecule has 0 radical (unpaired) electrons. The SMILES string of the molecule is CC1CC(C(=O)O)C(C(=O)Nc2nc3ccccc3s2)C1. The van der Waals surface area contributed by atoms with Crippen molar-refractivity contribution >= 4 is 38.6 Å². The van der Waals surface area contributed by atoms with Crippen LogP contribution in [0.3, 0.4) is 0 Å². The maximum absolute atomic E-state index is 12.3. The number of amides is 1. The molecule has 2 N–H and O–H groups in total. The number of fused-ring (bicyclic) bond motifs is 1. The lowest BCUT2D eigenvalue weighted by atomic mass is 9.95. The van der Waals surface area contributed by atoms with Crippen LogP contribution in [0.4, 0.5) is 5.13 Å². The minimum Gasteiger partial charge on any atom is -0.481 e. The Kier molecular flexibility index (Phi) is 3.63. The number of hydrogen-bond donors (Lipinski definition) is 2. The predicted molar refractivity (Wildman–Crippen MR) is 81.3 cm³/mol. The fraction of sp³-hybridized carbons (Fsp3) is 0.400. The van der Waals surface area contributed by atoms with E-state index in [9.17, 15) is 14.7 Å². The average Bonchev–Trinajstić information content (AvgIpc) is 3.01. The van der Waals surface area contributed by atoms with Crippen molar-refractivity contribution in [1.82, 2.24) is 4.98 Å². The molecule has 110 valence electrons. The van der Waals surface area contributed by atoms with Crippen LogP contribution in [0.1, 0.15) is 19.8 Å². The summed E-state index contributed by atoms with van der Waals surface area (Å²) in [7, 11) is 0. The van der Waals surface area contributed by atoms with Gasteiger partial charge in [0.05, 0.1) is 22.1 Å². The number of aliphatic carboxylic acids is 1. The van der Waals surface area contributed by atoms with E-state index in [4.69, 9.17) is 0 Å². The van der Waals surface area contributed by atoms with Gasteiger partial charge in [0.15, 0.2) is 5.13 Å². The third-order valence-electron chi connectivity index (χ3n) is 3.98. The van der Waals surface area contributed by atoms with Crippen LogP contribution in [0.5, 0.6) is 0 Å². The Labute approximate surface area is 126 Å². The van der Waals surface area contributed by atoms with Gasteiger partial charge in [-0.25, -0.2) is 4.98 Å². The van der Waals surface area contributed by atoms with Crippen LogP contribution in [0.15, 0.2) is 24.3 Å². The molecule has 1 aromatic heterocycles. The number of carboxylic acid groups (broad SMARTS) is 1. The number of anilines is 1. The number of thiazole rings is 1. The summed E-state index contributed by atoms with van der Waals surface area (Å²) in [5.41, 5.74) is 0.840. The second kappa shape index (κ2) is 5.44. The van der Waals surface area contributed by atoms with Gasteiger partial charge >= 0.3 is 5.97 Å². The van der Waals surface area contributed by atoms with Gasteiger partial charge in [-0.2, -0.15) is 0 Å². The zero-order chi connectivity index (χ0) is 15.0. The molecule has 2 aromatic rings. The number of benzene rings is 1. The van der Waals surface area contributed by atoms with Crippen molar-refractivity contribution in [3.63, 3.8) is 0 Å². The molecular weight excluding hydrogens is 288 g/mol. The summed E-state index contributed by atoms with van der Waals surface area (Å²) in [5.74, 6) is -1.91. The molecule has 1 aromatic carbocycles. The van der Waals surface area contributed by atoms with E-state index < -0.39 is 17.8 Å². The number of carbonyl (C=O) groups is 2. The molecule has 5 nitrogen and oxygen atoms in total. The van der Waals surface area contributed by atoms with Crippen LogP contribution in [-0.4, -0.2) is 22.0 Å². The van der Waals surface area contributed by atoms with Crippen LogP contribution in [0.25, 0.3) is 10.2 Å². The monoisotopic (exact) mass is 304 g/mol. The molecule has 0 bridgehead atoms. The highest BCUT2D eigenvalue weighted by molar-refractivity contribution is 7.22. The summed E-state index contributed by atoms with van der Waals surface area (Å²) in [5, 5.41) is 12.6. The summed E-state index contributed by atoms with van der Waals surface area (Å²) in [6.07, 6.45) is 1.18. The first-order valence-electron chi connectivity index (χ1n) is 6.94. The number of para-hydroxylation sites is 1. The van der Waals surface area contributed by atoms with E-state index in [1.165, 1.54) is 11.3 Å². The van der Waals surface area contributed by atoms with Gasteiger partial charge in [0.25, 0.3) is 0 Å². The number of carbonyl (C=O) groups excluding carboxylic acids is 1. The smallest absolute Gasteiger partial charge is 0.307 e. The fourth-order valence-electron chi connectivity index (χ4n) is 2.98. The largest absolute Gasteiger partial charge is 0.481 e. The second-order valence-corrected chi connectivity index (χ2v) is 6.63. The van der Waals surface area contributed by atoms with Crippen LogP contribution in [-0.2, 0) is 9.59 Å². The lowest BCUT2D eigenvalue weighted by Gasteiger charge is -2.14. The van der Waals surface area contributed by atoms with Crippen molar-refractivity contribution in [3.05, 3.63) is 24.3 Å². The van der Waals surface area contributed by atoms with E-state index >= 15 is 0 Å². The van der Waals surface area contributed by atoms with Gasteiger partial charge in [0.2, 0.25) is 5.91 Å². The molecule has 3 unspecified atom stereocenters. The zero-order valence-electron chi connectivity index (χ0n) is 11.6. The molecule has 1 heterocycles. The van der Waals surface area contributed by atoms with Crippen LogP contribution < -0.4 is 5.32 Å². The van der Waals surface area contributed by atoms with Crippen molar-refractivity contribution in [2.24, 2.45) is 17.8 Å². The maximum atomic E-state index is 12.3. The molecule has 1 amide bonds. The standard InChI is InChI=1S/C15H16N2O3S/c1-8-6-9(10(7-8)14(19)20)13(18)17-15-16-11-4-2-3-5-12(11)21-15/h2-5,8-10H,6-7H2,1H3,(H,19,20)(H,16,17,18). The van der Waals surface area contributed by atoms with Crippen LogP contribution >= 0.6 is 11.3 Å². The first kappa shape index (κ1) is 14.0. The Hall–Kier alpha value is -1.95. The van der Waals surface area contributed by atoms with Gasteiger partial charge in [-0.3, -0.25) is 9.59 Å². The second-order valence-electron chi connectivity index (χ2n) is 5.60. The van der Waals surface area contributed by atoms with Gasteiger partial charge in [-0.05, 0) is 30.9 Å². The minimum atomic E-state index is -0.885. The van der Waals surface area contributed by atoms with Crippen molar-refractivity contribution in [1.29, 1.82) is 0 Å². The molecule has 3 atom stereocenters. The minimum absolute atomic E-state index is 0.231. The molecule has 1 fully saturated rings. The Balaban J connectivity index is 1.77. The number of hydrogen-bond acceptors (Lipinski definition) is 4. The Morgan fingerprint density at radius 3 is 2.71 bits per heavy atom. The molecule has 0 aliphatic heterocycles. The number of rotatable bonds is 3. The molecule has 6 heteroatoms. The third-order valence-corrected chi connectivity index (χ3v) is 4.93. The van der Waals surface area contributed by atoms with Gasteiger partial charge < -0.3 is 10.4 Å². The number of aromatic nitrogens is 1. The quantitative estimate of drug-likeness (QED) is 0.913. The Bertz CT molecular complexity index is 664. The summed E-state index contributed by atoms with van der Waals surface area (Å²) in [4.78, 5) is 28.0. The van der Waals surface area contributed by atoms with Gasteiger partial charge in [0, 0.05) is 0 Å². The van der Waals surface area contributed by atoms with E-state index in [0.717, 1.165) is 10.2 Å². The van der Waals surface area contributed by atoms with Crippen molar-refractivity contribution < 1.29 is 14.7 Å². The first-order chi connectivity index (χ1) is 10.0. The first-order valence-corrected chi connectivity index (χ1v) is 7.75. The predicted octanol–water partition coefficient (Wildman–Crippen LogP) is 2.98. The van der Waals surface area contributed by atoms with Crippen molar-refractivity contribution in [3.8, 4) is 0 Å². The zero-order valence-corrected chi connectivity index (χ0v) is 12.4. The fourth-order valence-corrected chi connectivity index (χ4v) is 3.85. The summed E-state index contributed by atoms with van der Waals surface area (Å²) >= 11 is 1.40. The van der Waals surface area contributed by atoms with Crippen molar-refractivity contribution in [2.45, 2.75) is 19.8 Å². The molecule has 21 heavy (non-hydrogen) atoms. The van der Waals surface area contributed by atoms with Crippen LogP contribution in [0, 0.1) is 17.8 Å². The molecular formula is C15H16N2O3S. The van der Waals surface area contributed by atoms with E-state index in [1.54, 1.807) is 0 Å². The summed E-state index contributed by atoms with van der Waals surface area (Å²) in [6.45, 7) is 1.99. The van der Waals surface area contributed by atoms with E-state index in [0.29, 0.717) is 18.0 Å². The highest BCUT2D eigenvalue weighted by Gasteiger charge is 2.41. The highest BCUT2D eigenvalue weighted by Crippen LogP contribution is 2.37. The van der Waals surface area contributed by atoms with Crippen LogP contribution in [0.2, 0.25) is 0 Å². The topological polar surface area (TPSA) is 79.3 Å². The lowest BCUT2D eigenvalue weighted by molar-refractivity contribution is -0.145. The van der Waals surface area contributed by atoms with Crippen molar-refractivity contribution in [2.75, 3.05) is 5.32 Å². The summed E-state index contributed by atoms with van der Waals surface area (Å²) < 4.78 is 1.00. The Morgan fingerprint density at radius 2 is 2.00 bits per heavy atom. The summed E-state index contributed by atoms with van der Waals surface area (Å²) in [6, 6.07) is 7.65. The molecule has 1 saturated carbocycles. The highest BCUT2D eigenvalue weighted by atomic mass is 32.1. The normalized spacial score (nSPS) is 25.1. The van der Waals surface area contributed by atoms with E-state index in [-0.39, 0.29) is 11.8 Å². The molecule has 1 aliphatic rings. The third kappa shape index (κ3) is 2.76. The van der Waals surface area contributed by atoms with Gasteiger partial charge in [-0.1, -0.05) is 30.4 Å². The maximum Gasteiger partial charge on any atom is 0.307 e. The molecule has 0 spiro atoms. The molecule has 1 aliphatic carbocycles.